The summed E-state index contributed by atoms with van der Waals surface area (Å²) in [4.78, 5) is 40.0. The first-order valence-corrected chi connectivity index (χ1v) is 16.1. The lowest BCUT2D eigenvalue weighted by molar-refractivity contribution is -0.117. The summed E-state index contributed by atoms with van der Waals surface area (Å²) in [6, 6.07) is 23.2. The molecule has 6 heteroatoms. The molecule has 0 atom stereocenters. The zero-order valence-electron chi connectivity index (χ0n) is 26.2. The van der Waals surface area contributed by atoms with Crippen LogP contribution in [0.2, 0.25) is 0 Å². The fourth-order valence-corrected chi connectivity index (χ4v) is 6.16. The smallest absolute Gasteiger partial charge is 0.251 e. The predicted octanol–water partition coefficient (Wildman–Crippen LogP) is 7.73. The standard InChI is InChI=1S/C38H45N3O3/c1-28-11-8-9-13-36(28)41-23-20-31(21-24-41)35-19-18-33(38(44)40-22-10-6-4-3-5-7-12-29(2)42)25-34(35)26-37(43)32-16-14-30(27-39)15-17-32/h8-9,11,13-19,25,31H,3-7,10,12,20-24,26H2,1-2H3,(H,40,44). The zero-order chi connectivity index (χ0) is 31.3. The number of unbranched alkanes of at least 4 members (excludes halogenated alkanes) is 5. The molecule has 1 heterocycles. The van der Waals surface area contributed by atoms with E-state index in [1.807, 2.05) is 12.1 Å². The minimum atomic E-state index is -0.112. The van der Waals surface area contributed by atoms with Gasteiger partial charge in [0.2, 0.25) is 0 Å². The molecule has 1 saturated heterocycles. The third kappa shape index (κ3) is 9.38. The predicted molar refractivity (Wildman–Crippen MR) is 176 cm³/mol. The first-order valence-electron chi connectivity index (χ1n) is 16.1. The van der Waals surface area contributed by atoms with Gasteiger partial charge in [0.1, 0.15) is 5.78 Å². The van der Waals surface area contributed by atoms with Crippen LogP contribution in [0, 0.1) is 18.3 Å². The number of nitriles is 1. The number of rotatable bonds is 15. The Kier molecular flexibility index (Phi) is 12.3. The molecular formula is C38H45N3O3. The van der Waals surface area contributed by atoms with Crippen LogP contribution < -0.4 is 10.2 Å². The minimum absolute atomic E-state index is 0.0195. The van der Waals surface area contributed by atoms with Gasteiger partial charge in [-0.15, -0.1) is 0 Å². The summed E-state index contributed by atoms with van der Waals surface area (Å²) in [6.07, 6.45) is 9.06. The van der Waals surface area contributed by atoms with Crippen LogP contribution in [0.15, 0.2) is 66.7 Å². The van der Waals surface area contributed by atoms with Crippen molar-refractivity contribution < 1.29 is 14.4 Å². The van der Waals surface area contributed by atoms with Gasteiger partial charge in [0.25, 0.3) is 5.91 Å². The van der Waals surface area contributed by atoms with Gasteiger partial charge in [-0.05, 0) is 92.5 Å². The van der Waals surface area contributed by atoms with Crippen molar-refractivity contribution in [3.8, 4) is 6.07 Å². The molecule has 0 aliphatic carbocycles. The molecule has 0 unspecified atom stereocenters. The molecular weight excluding hydrogens is 546 g/mol. The van der Waals surface area contributed by atoms with Crippen molar-refractivity contribution in [1.29, 1.82) is 5.26 Å². The molecule has 6 nitrogen and oxygen atoms in total. The van der Waals surface area contributed by atoms with Gasteiger partial charge >= 0.3 is 0 Å². The van der Waals surface area contributed by atoms with Gasteiger partial charge in [0.15, 0.2) is 5.78 Å². The number of anilines is 1. The van der Waals surface area contributed by atoms with Crippen LogP contribution >= 0.6 is 0 Å². The number of ketones is 2. The van der Waals surface area contributed by atoms with E-state index in [0.717, 1.165) is 75.6 Å². The number of hydrogen-bond acceptors (Lipinski definition) is 5. The Hall–Kier alpha value is -4.24. The quantitative estimate of drug-likeness (QED) is 0.144. The van der Waals surface area contributed by atoms with Crippen LogP contribution in [0.3, 0.4) is 0 Å². The molecule has 0 radical (unpaired) electrons. The van der Waals surface area contributed by atoms with Crippen molar-refractivity contribution in [1.82, 2.24) is 5.32 Å². The van der Waals surface area contributed by atoms with Crippen LogP contribution in [-0.2, 0) is 11.2 Å². The van der Waals surface area contributed by atoms with Gasteiger partial charge in [-0.25, -0.2) is 0 Å². The maximum absolute atomic E-state index is 13.4. The van der Waals surface area contributed by atoms with Crippen molar-refractivity contribution in [3.63, 3.8) is 0 Å². The fourth-order valence-electron chi connectivity index (χ4n) is 6.16. The van der Waals surface area contributed by atoms with Crippen molar-refractivity contribution in [3.05, 3.63) is 100 Å². The number of carbonyl (C=O) groups is 3. The SMILES string of the molecule is CC(=O)CCCCCCCCNC(=O)c1ccc(C2CCN(c3ccccc3C)CC2)c(CC(=O)c2ccc(C#N)cc2)c1. The summed E-state index contributed by atoms with van der Waals surface area (Å²) < 4.78 is 0. The Balaban J connectivity index is 1.40. The van der Waals surface area contributed by atoms with Crippen molar-refractivity contribution in [2.75, 3.05) is 24.5 Å². The lowest BCUT2D eigenvalue weighted by Gasteiger charge is -2.35. The first-order chi connectivity index (χ1) is 21.4. The first kappa shape index (κ1) is 32.7. The highest BCUT2D eigenvalue weighted by molar-refractivity contribution is 5.99. The van der Waals surface area contributed by atoms with Gasteiger partial charge in [0, 0.05) is 49.3 Å². The third-order valence-corrected chi connectivity index (χ3v) is 8.72. The van der Waals surface area contributed by atoms with E-state index in [1.165, 1.54) is 11.3 Å². The topological polar surface area (TPSA) is 90.3 Å². The fraction of sp³-hybridized carbons (Fsp3) is 0.421. The van der Waals surface area contributed by atoms with Gasteiger partial charge in [0.05, 0.1) is 11.6 Å². The van der Waals surface area contributed by atoms with Gasteiger partial charge in [-0.1, -0.05) is 62.1 Å². The summed E-state index contributed by atoms with van der Waals surface area (Å²) >= 11 is 0. The lowest BCUT2D eigenvalue weighted by Crippen LogP contribution is -2.33. The summed E-state index contributed by atoms with van der Waals surface area (Å²) in [5.74, 6) is 0.436. The molecule has 1 aliphatic heterocycles. The Labute approximate surface area is 262 Å². The summed E-state index contributed by atoms with van der Waals surface area (Å²) in [7, 11) is 0. The molecule has 3 aromatic rings. The molecule has 1 N–H and O–H groups in total. The highest BCUT2D eigenvalue weighted by atomic mass is 16.1. The van der Waals surface area contributed by atoms with E-state index in [1.54, 1.807) is 31.2 Å². The van der Waals surface area contributed by atoms with Crippen LogP contribution in [0.25, 0.3) is 0 Å². The number of piperidine rings is 1. The molecule has 1 amide bonds. The van der Waals surface area contributed by atoms with Crippen LogP contribution in [0.4, 0.5) is 5.69 Å². The van der Waals surface area contributed by atoms with Gasteiger partial charge in [-0.3, -0.25) is 9.59 Å². The molecule has 4 rings (SSSR count). The average molecular weight is 592 g/mol. The average Bonchev–Trinajstić information content (AvgIpc) is 3.04. The number of hydrogen-bond donors (Lipinski definition) is 1. The maximum atomic E-state index is 13.4. The molecule has 1 aliphatic rings. The number of amides is 1. The number of benzene rings is 3. The highest BCUT2D eigenvalue weighted by Gasteiger charge is 2.25. The zero-order valence-corrected chi connectivity index (χ0v) is 26.2. The summed E-state index contributed by atoms with van der Waals surface area (Å²) in [6.45, 7) is 6.29. The maximum Gasteiger partial charge on any atom is 0.251 e. The molecule has 1 fully saturated rings. The van der Waals surface area contributed by atoms with Crippen LogP contribution in [0.1, 0.15) is 114 Å². The summed E-state index contributed by atoms with van der Waals surface area (Å²) in [5.41, 5.74) is 6.29. The van der Waals surface area contributed by atoms with Crippen LogP contribution in [-0.4, -0.2) is 37.1 Å². The molecule has 230 valence electrons. The second-order valence-corrected chi connectivity index (χ2v) is 12.1. The van der Waals surface area contributed by atoms with Crippen molar-refractivity contribution in [2.24, 2.45) is 0 Å². The Morgan fingerprint density at radius 2 is 1.52 bits per heavy atom. The van der Waals surface area contributed by atoms with E-state index >= 15 is 0 Å². The Bertz CT molecular complexity index is 1460. The molecule has 0 bridgehead atoms. The number of para-hydroxylation sites is 1. The molecule has 0 spiro atoms. The van der Waals surface area contributed by atoms with E-state index in [9.17, 15) is 14.4 Å². The Morgan fingerprint density at radius 3 is 2.20 bits per heavy atom. The van der Waals surface area contributed by atoms with Gasteiger partial charge < -0.3 is 15.0 Å². The second kappa shape index (κ2) is 16.6. The number of nitrogens with one attached hydrogen (secondary N) is 1. The largest absolute Gasteiger partial charge is 0.371 e. The third-order valence-electron chi connectivity index (χ3n) is 8.72. The minimum Gasteiger partial charge on any atom is -0.371 e. The van der Waals surface area contributed by atoms with E-state index < -0.39 is 0 Å². The number of aryl methyl sites for hydroxylation is 1. The number of Topliss-reactive ketones (excluding diaryl/α,β-unsaturated/α-hetero) is 2. The molecule has 0 saturated carbocycles. The van der Waals surface area contributed by atoms with Crippen molar-refractivity contribution >= 4 is 23.2 Å². The van der Waals surface area contributed by atoms with E-state index in [2.05, 4.69) is 53.5 Å². The molecule has 3 aromatic carbocycles. The summed E-state index contributed by atoms with van der Waals surface area (Å²) in [5, 5.41) is 12.2. The number of nitrogens with zero attached hydrogens (tertiary/aromatic N) is 2. The van der Waals surface area contributed by atoms with Gasteiger partial charge in [-0.2, -0.15) is 5.26 Å². The van der Waals surface area contributed by atoms with Crippen molar-refractivity contribution in [2.45, 2.75) is 84.0 Å². The van der Waals surface area contributed by atoms with E-state index in [0.29, 0.717) is 35.6 Å². The monoisotopic (exact) mass is 591 g/mol. The second-order valence-electron chi connectivity index (χ2n) is 12.1. The Morgan fingerprint density at radius 1 is 0.864 bits per heavy atom. The van der Waals surface area contributed by atoms with E-state index in [-0.39, 0.29) is 23.9 Å². The molecule has 44 heavy (non-hydrogen) atoms. The van der Waals surface area contributed by atoms with E-state index in [4.69, 9.17) is 5.26 Å². The number of carbonyl (C=O) groups excluding carboxylic acids is 3. The molecule has 0 aromatic heterocycles. The lowest BCUT2D eigenvalue weighted by atomic mass is 9.83. The highest BCUT2D eigenvalue weighted by Crippen LogP contribution is 2.34. The normalized spacial score (nSPS) is 13.3. The van der Waals surface area contributed by atoms with Crippen LogP contribution in [0.5, 0.6) is 0 Å².